The third-order valence-electron chi connectivity index (χ3n) is 3.92. The fourth-order valence-corrected chi connectivity index (χ4v) is 2.95. The minimum Gasteiger partial charge on any atom is -1.00 e. The maximum Gasteiger partial charge on any atom is 3.00 e. The summed E-state index contributed by atoms with van der Waals surface area (Å²) in [7, 11) is 0. The van der Waals surface area contributed by atoms with E-state index in [1.165, 1.54) is 0 Å². The van der Waals surface area contributed by atoms with Crippen molar-refractivity contribution in [3.05, 3.63) is 60.9 Å². The van der Waals surface area contributed by atoms with E-state index in [1.54, 1.807) is 12.4 Å². The van der Waals surface area contributed by atoms with Crippen molar-refractivity contribution in [2.75, 3.05) is 0 Å². The first-order valence-corrected chi connectivity index (χ1v) is 7.10. The normalized spacial score (nSPS) is 9.85. The maximum absolute atomic E-state index is 4.83. The van der Waals surface area contributed by atoms with Crippen molar-refractivity contribution in [3.63, 3.8) is 0 Å². The van der Waals surface area contributed by atoms with Crippen molar-refractivity contribution in [2.45, 2.75) is 0 Å². The Morgan fingerprint density at radius 2 is 0.923 bits per heavy atom. The molecule has 26 heavy (non-hydrogen) atoms. The zero-order chi connectivity index (χ0) is 14.5. The minimum atomic E-state index is 0. The topological polar surface area (TPSA) is 51.6 Å². The van der Waals surface area contributed by atoms with Gasteiger partial charge in [0.1, 0.15) is 0 Å². The zero-order valence-electron chi connectivity index (χ0n) is 13.0. The van der Waals surface area contributed by atoms with Crippen molar-refractivity contribution in [3.8, 4) is 0 Å². The summed E-state index contributed by atoms with van der Waals surface area (Å²) in [6.07, 6.45) is 3.58. The van der Waals surface area contributed by atoms with Crippen molar-refractivity contribution in [1.29, 1.82) is 0 Å². The minimum absolute atomic E-state index is 0. The molecule has 0 aliphatic rings. The van der Waals surface area contributed by atoms with Crippen LogP contribution in [0.4, 0.5) is 0 Å². The Morgan fingerprint density at radius 1 is 0.500 bits per heavy atom. The molecular weight excluding hydrogens is 481 g/mol. The van der Waals surface area contributed by atoms with Gasteiger partial charge in [-0.05, 0) is 36.4 Å². The first kappa shape index (κ1) is 22.4. The van der Waals surface area contributed by atoms with Crippen molar-refractivity contribution < 1.29 is 56.7 Å². The van der Waals surface area contributed by atoms with E-state index >= 15 is 0 Å². The average molecular weight is 492 g/mol. The van der Waals surface area contributed by atoms with Crippen LogP contribution in [0.25, 0.3) is 43.9 Å². The molecular formula is C18H10Cl3N4Rh. The number of benzene rings is 2. The molecule has 0 unspecified atom stereocenters. The molecule has 3 aromatic heterocycles. The summed E-state index contributed by atoms with van der Waals surface area (Å²) in [4.78, 5) is 18.7. The summed E-state index contributed by atoms with van der Waals surface area (Å²) < 4.78 is 0. The second kappa shape index (κ2) is 8.83. The molecule has 0 aliphatic heterocycles. The van der Waals surface area contributed by atoms with E-state index in [9.17, 15) is 0 Å². The summed E-state index contributed by atoms with van der Waals surface area (Å²) in [5, 5.41) is 1.98. The van der Waals surface area contributed by atoms with E-state index in [2.05, 4.69) is 9.97 Å². The van der Waals surface area contributed by atoms with Crippen LogP contribution in [0.2, 0.25) is 0 Å². The van der Waals surface area contributed by atoms with E-state index in [4.69, 9.17) is 9.97 Å². The number of para-hydroxylation sites is 2. The van der Waals surface area contributed by atoms with Crippen molar-refractivity contribution >= 4 is 43.9 Å². The molecule has 5 aromatic rings. The summed E-state index contributed by atoms with van der Waals surface area (Å²) in [6, 6.07) is 15.8. The van der Waals surface area contributed by atoms with Crippen LogP contribution >= 0.6 is 0 Å². The number of pyridine rings is 2. The third-order valence-corrected chi connectivity index (χ3v) is 3.92. The molecule has 0 radical (unpaired) electrons. The van der Waals surface area contributed by atoms with Crippen molar-refractivity contribution in [1.82, 2.24) is 19.9 Å². The van der Waals surface area contributed by atoms with Gasteiger partial charge in [-0.25, -0.2) is 9.97 Å². The van der Waals surface area contributed by atoms with Gasteiger partial charge in [-0.1, -0.05) is 12.1 Å². The Hall–Kier alpha value is -1.65. The molecule has 0 amide bonds. The predicted molar refractivity (Wildman–Crippen MR) is 87.6 cm³/mol. The van der Waals surface area contributed by atoms with Crippen LogP contribution in [0.5, 0.6) is 0 Å². The molecule has 8 heteroatoms. The van der Waals surface area contributed by atoms with Gasteiger partial charge in [-0.3, -0.25) is 9.97 Å². The van der Waals surface area contributed by atoms with Crippen LogP contribution in [0.15, 0.2) is 60.9 Å². The predicted octanol–water partition coefficient (Wildman–Crippen LogP) is -5.11. The smallest absolute Gasteiger partial charge is 1.00 e. The molecule has 3 heterocycles. The van der Waals surface area contributed by atoms with E-state index in [1.807, 2.05) is 48.5 Å². The number of hydrogen-bond donors (Lipinski definition) is 0. The fraction of sp³-hybridized carbons (Fsp3) is 0. The monoisotopic (exact) mass is 490 g/mol. The summed E-state index contributed by atoms with van der Waals surface area (Å²) in [5.74, 6) is 0. The van der Waals surface area contributed by atoms with Gasteiger partial charge in [0.2, 0.25) is 0 Å². The van der Waals surface area contributed by atoms with E-state index < -0.39 is 0 Å². The quantitative estimate of drug-likeness (QED) is 0.124. The molecule has 2 aromatic carbocycles. The van der Waals surface area contributed by atoms with Crippen LogP contribution in [0.3, 0.4) is 0 Å². The standard InChI is InChI=1S/C18H10N4.3ClH.Rh/c1-2-8-14-13(7-1)21-17-11-5-3-9-19-15(11)16-12(18(17)22-14)6-4-10-20-16;;;;/h1-10H;3*1H;/q;;;;+3/p-3. The van der Waals surface area contributed by atoms with Gasteiger partial charge >= 0.3 is 19.5 Å². The van der Waals surface area contributed by atoms with Crippen LogP contribution in [-0.2, 0) is 19.5 Å². The van der Waals surface area contributed by atoms with Crippen LogP contribution < -0.4 is 37.2 Å². The van der Waals surface area contributed by atoms with Crippen LogP contribution in [0, 0.1) is 0 Å². The first-order chi connectivity index (χ1) is 10.9. The third kappa shape index (κ3) is 3.33. The SMILES string of the molecule is [Cl-].[Cl-].[Cl-].[Rh+3].c1ccc2nc3c4cccnc4c4ncccc4c3nc2c1. The van der Waals surface area contributed by atoms with Gasteiger partial charge in [-0.15, -0.1) is 0 Å². The fourth-order valence-electron chi connectivity index (χ4n) is 2.95. The molecule has 0 spiro atoms. The van der Waals surface area contributed by atoms with Gasteiger partial charge in [0, 0.05) is 23.2 Å². The number of nitrogens with zero attached hydrogens (tertiary/aromatic N) is 4. The molecule has 132 valence electrons. The number of fused-ring (bicyclic) bond motifs is 7. The summed E-state index contributed by atoms with van der Waals surface area (Å²) in [6.45, 7) is 0. The van der Waals surface area contributed by atoms with Gasteiger partial charge < -0.3 is 37.2 Å². The Kier molecular flexibility index (Phi) is 7.61. The van der Waals surface area contributed by atoms with Crippen LogP contribution in [-0.4, -0.2) is 19.9 Å². The van der Waals surface area contributed by atoms with Gasteiger partial charge in [0.05, 0.1) is 33.1 Å². The number of aromatic nitrogens is 4. The number of rotatable bonds is 0. The summed E-state index contributed by atoms with van der Waals surface area (Å²) in [5.41, 5.74) is 5.28. The molecule has 0 bridgehead atoms. The molecule has 5 rings (SSSR count). The van der Waals surface area contributed by atoms with E-state index in [0.717, 1.165) is 43.9 Å². The van der Waals surface area contributed by atoms with Gasteiger partial charge in [-0.2, -0.15) is 0 Å². The Balaban J connectivity index is 0.000000845. The van der Waals surface area contributed by atoms with Gasteiger partial charge in [0.25, 0.3) is 0 Å². The Labute approximate surface area is 180 Å². The summed E-state index contributed by atoms with van der Waals surface area (Å²) >= 11 is 0. The Morgan fingerprint density at radius 3 is 1.35 bits per heavy atom. The van der Waals surface area contributed by atoms with E-state index in [-0.39, 0.29) is 56.7 Å². The van der Waals surface area contributed by atoms with E-state index in [0.29, 0.717) is 0 Å². The molecule has 0 fully saturated rings. The molecule has 0 atom stereocenters. The molecule has 4 nitrogen and oxygen atoms in total. The average Bonchev–Trinajstić information content (AvgIpc) is 2.61. The molecule has 0 saturated carbocycles. The molecule has 0 aliphatic carbocycles. The second-order valence-corrected chi connectivity index (χ2v) is 5.21. The largest absolute Gasteiger partial charge is 3.00 e. The molecule has 0 N–H and O–H groups in total. The maximum atomic E-state index is 4.83. The first-order valence-electron chi connectivity index (χ1n) is 7.10. The second-order valence-electron chi connectivity index (χ2n) is 5.21. The van der Waals surface area contributed by atoms with Gasteiger partial charge in [0.15, 0.2) is 0 Å². The van der Waals surface area contributed by atoms with Crippen molar-refractivity contribution in [2.24, 2.45) is 0 Å². The zero-order valence-corrected chi connectivity index (χ0v) is 16.9. The molecule has 0 saturated heterocycles. The number of halogens is 3. The van der Waals surface area contributed by atoms with Crippen LogP contribution in [0.1, 0.15) is 0 Å². The Bertz CT molecular complexity index is 1110. The number of hydrogen-bond acceptors (Lipinski definition) is 4.